The van der Waals surface area contributed by atoms with Crippen molar-refractivity contribution < 1.29 is 9.53 Å². The summed E-state index contributed by atoms with van der Waals surface area (Å²) in [5.41, 5.74) is 5.92. The first-order valence-corrected chi connectivity index (χ1v) is 6.90. The lowest BCUT2D eigenvalue weighted by atomic mass is 9.82. The number of amides is 1. The van der Waals surface area contributed by atoms with E-state index in [4.69, 9.17) is 10.5 Å². The molecule has 0 spiro atoms. The number of ether oxygens (including phenoxy) is 1. The molecule has 0 aromatic carbocycles. The van der Waals surface area contributed by atoms with Gasteiger partial charge in [-0.2, -0.15) is 0 Å². The van der Waals surface area contributed by atoms with Crippen LogP contribution in [0.4, 0.5) is 0 Å². The van der Waals surface area contributed by atoms with Gasteiger partial charge in [0.05, 0.1) is 18.2 Å². The number of carbonyl (C=O) groups is 1. The van der Waals surface area contributed by atoms with E-state index in [1.54, 1.807) is 0 Å². The molecule has 0 radical (unpaired) electrons. The van der Waals surface area contributed by atoms with Crippen molar-refractivity contribution in [1.29, 1.82) is 0 Å². The Bertz CT molecular complexity index is 303. The molecule has 0 saturated carbocycles. The molecule has 3 aliphatic rings. The minimum absolute atomic E-state index is 0.153. The van der Waals surface area contributed by atoms with Gasteiger partial charge in [-0.05, 0) is 19.3 Å². The molecule has 0 aromatic rings. The third-order valence-electron chi connectivity index (χ3n) is 4.68. The van der Waals surface area contributed by atoms with Gasteiger partial charge in [0.2, 0.25) is 5.91 Å². The number of nitrogens with zero attached hydrogens (tertiary/aromatic N) is 1. The minimum atomic E-state index is -0.294. The molecule has 0 aromatic heterocycles. The molecule has 3 aliphatic heterocycles. The number of rotatable bonds is 3. The molecule has 4 heteroatoms. The summed E-state index contributed by atoms with van der Waals surface area (Å²) in [6.07, 6.45) is 5.00. The topological polar surface area (TPSA) is 55.6 Å². The van der Waals surface area contributed by atoms with Crippen molar-refractivity contribution >= 4 is 5.91 Å². The first-order valence-electron chi connectivity index (χ1n) is 6.90. The smallest absolute Gasteiger partial charge is 0.239 e. The highest BCUT2D eigenvalue weighted by Gasteiger charge is 2.53. The molecular weight excluding hydrogens is 216 g/mol. The summed E-state index contributed by atoms with van der Waals surface area (Å²) in [6.45, 7) is 3.82. The molecule has 17 heavy (non-hydrogen) atoms. The second-order valence-electron chi connectivity index (χ2n) is 5.76. The zero-order valence-corrected chi connectivity index (χ0v) is 10.5. The van der Waals surface area contributed by atoms with Crippen LogP contribution >= 0.6 is 0 Å². The van der Waals surface area contributed by atoms with E-state index < -0.39 is 0 Å². The summed E-state index contributed by atoms with van der Waals surface area (Å²) in [5, 5.41) is 0. The molecule has 4 nitrogen and oxygen atoms in total. The van der Waals surface area contributed by atoms with Gasteiger partial charge in [-0.1, -0.05) is 13.3 Å². The second-order valence-corrected chi connectivity index (χ2v) is 5.76. The van der Waals surface area contributed by atoms with Gasteiger partial charge in [0.25, 0.3) is 0 Å². The average Bonchev–Trinajstić information content (AvgIpc) is 2.99. The second kappa shape index (κ2) is 4.25. The highest BCUT2D eigenvalue weighted by molar-refractivity contribution is 5.82. The average molecular weight is 238 g/mol. The van der Waals surface area contributed by atoms with E-state index >= 15 is 0 Å². The Hall–Kier alpha value is -0.610. The predicted molar refractivity (Wildman–Crippen MR) is 64.3 cm³/mol. The van der Waals surface area contributed by atoms with Crippen molar-refractivity contribution in [2.45, 2.75) is 50.9 Å². The van der Waals surface area contributed by atoms with Gasteiger partial charge in [-0.25, -0.2) is 0 Å². The van der Waals surface area contributed by atoms with Crippen LogP contribution in [0, 0.1) is 11.8 Å². The van der Waals surface area contributed by atoms with Gasteiger partial charge in [0.1, 0.15) is 0 Å². The van der Waals surface area contributed by atoms with Crippen molar-refractivity contribution in [2.24, 2.45) is 17.6 Å². The quantitative estimate of drug-likeness (QED) is 0.789. The zero-order chi connectivity index (χ0) is 12.0. The van der Waals surface area contributed by atoms with Crippen molar-refractivity contribution in [2.75, 3.05) is 13.1 Å². The van der Waals surface area contributed by atoms with Crippen molar-refractivity contribution in [3.05, 3.63) is 0 Å². The maximum atomic E-state index is 12.2. The van der Waals surface area contributed by atoms with Crippen LogP contribution in [-0.2, 0) is 9.53 Å². The maximum absolute atomic E-state index is 12.2. The monoisotopic (exact) mass is 238 g/mol. The summed E-state index contributed by atoms with van der Waals surface area (Å²) in [5.74, 6) is 1.33. The van der Waals surface area contributed by atoms with Crippen LogP contribution in [0.1, 0.15) is 32.6 Å². The SMILES string of the molecule is CCCC(N)C(=O)N1CC2C3CCC(O3)C2C1. The molecule has 5 unspecified atom stereocenters. The summed E-state index contributed by atoms with van der Waals surface area (Å²) >= 11 is 0. The van der Waals surface area contributed by atoms with E-state index in [0.717, 1.165) is 25.9 Å². The number of likely N-dealkylation sites (tertiary alicyclic amines) is 1. The highest BCUT2D eigenvalue weighted by atomic mass is 16.5. The van der Waals surface area contributed by atoms with Crippen LogP contribution in [0.2, 0.25) is 0 Å². The van der Waals surface area contributed by atoms with Crippen LogP contribution in [0.3, 0.4) is 0 Å². The number of nitrogens with two attached hydrogens (primary N) is 1. The molecular formula is C13H22N2O2. The van der Waals surface area contributed by atoms with E-state index in [1.807, 2.05) is 4.90 Å². The van der Waals surface area contributed by atoms with Gasteiger partial charge >= 0.3 is 0 Å². The van der Waals surface area contributed by atoms with Crippen molar-refractivity contribution in [1.82, 2.24) is 4.90 Å². The first-order chi connectivity index (χ1) is 8.20. The Balaban J connectivity index is 1.63. The normalized spacial score (nSPS) is 40.7. The Labute approximate surface area is 102 Å². The standard InChI is InChI=1S/C13H22N2O2/c1-2-3-10(14)13(16)15-6-8-9(7-15)12-5-4-11(8)17-12/h8-12H,2-7,14H2,1H3. The summed E-state index contributed by atoms with van der Waals surface area (Å²) < 4.78 is 5.91. The fourth-order valence-electron chi connectivity index (χ4n) is 3.81. The Morgan fingerprint density at radius 3 is 2.47 bits per heavy atom. The number of hydrogen-bond acceptors (Lipinski definition) is 3. The summed E-state index contributed by atoms with van der Waals surface area (Å²) in [7, 11) is 0. The van der Waals surface area contributed by atoms with E-state index in [0.29, 0.717) is 24.0 Å². The number of fused-ring (bicyclic) bond motifs is 5. The molecule has 5 atom stereocenters. The third kappa shape index (κ3) is 1.78. The molecule has 3 saturated heterocycles. The molecule has 2 N–H and O–H groups in total. The summed E-state index contributed by atoms with van der Waals surface area (Å²) in [4.78, 5) is 14.1. The molecule has 96 valence electrons. The van der Waals surface area contributed by atoms with E-state index in [1.165, 1.54) is 12.8 Å². The molecule has 3 rings (SSSR count). The van der Waals surface area contributed by atoms with Gasteiger partial charge in [-0.3, -0.25) is 4.79 Å². The highest BCUT2D eigenvalue weighted by Crippen LogP contribution is 2.47. The van der Waals surface area contributed by atoms with Gasteiger partial charge < -0.3 is 15.4 Å². The van der Waals surface area contributed by atoms with Crippen LogP contribution < -0.4 is 5.73 Å². The van der Waals surface area contributed by atoms with E-state index in [-0.39, 0.29) is 11.9 Å². The van der Waals surface area contributed by atoms with Crippen LogP contribution in [0.25, 0.3) is 0 Å². The van der Waals surface area contributed by atoms with Crippen LogP contribution in [-0.4, -0.2) is 42.1 Å². The predicted octanol–water partition coefficient (Wildman–Crippen LogP) is 0.750. The Kier molecular flexibility index (Phi) is 2.87. The van der Waals surface area contributed by atoms with Gasteiger partial charge in [0.15, 0.2) is 0 Å². The number of hydrogen-bond donors (Lipinski definition) is 1. The molecule has 3 fully saturated rings. The number of carbonyl (C=O) groups excluding carboxylic acids is 1. The van der Waals surface area contributed by atoms with E-state index in [9.17, 15) is 4.79 Å². The Morgan fingerprint density at radius 2 is 1.94 bits per heavy atom. The fourth-order valence-corrected chi connectivity index (χ4v) is 3.81. The first kappa shape index (κ1) is 11.5. The maximum Gasteiger partial charge on any atom is 0.239 e. The minimum Gasteiger partial charge on any atom is -0.374 e. The molecule has 2 bridgehead atoms. The van der Waals surface area contributed by atoms with Gasteiger partial charge in [0, 0.05) is 24.9 Å². The molecule has 3 heterocycles. The van der Waals surface area contributed by atoms with E-state index in [2.05, 4.69) is 6.92 Å². The lowest BCUT2D eigenvalue weighted by molar-refractivity contribution is -0.132. The zero-order valence-electron chi connectivity index (χ0n) is 10.5. The molecule has 1 amide bonds. The largest absolute Gasteiger partial charge is 0.374 e. The lowest BCUT2D eigenvalue weighted by Crippen LogP contribution is -2.43. The fraction of sp³-hybridized carbons (Fsp3) is 0.923. The molecule has 0 aliphatic carbocycles. The van der Waals surface area contributed by atoms with Gasteiger partial charge in [-0.15, -0.1) is 0 Å². The Morgan fingerprint density at radius 1 is 1.35 bits per heavy atom. The van der Waals surface area contributed by atoms with Crippen LogP contribution in [0.15, 0.2) is 0 Å². The lowest BCUT2D eigenvalue weighted by Gasteiger charge is -2.22. The summed E-state index contributed by atoms with van der Waals surface area (Å²) in [6, 6.07) is -0.294. The van der Waals surface area contributed by atoms with Crippen molar-refractivity contribution in [3.8, 4) is 0 Å². The third-order valence-corrected chi connectivity index (χ3v) is 4.68. The van der Waals surface area contributed by atoms with Crippen LogP contribution in [0.5, 0.6) is 0 Å². The van der Waals surface area contributed by atoms with Crippen molar-refractivity contribution in [3.63, 3.8) is 0 Å².